The minimum absolute atomic E-state index is 0.00625. The molecule has 0 heterocycles. The van der Waals surface area contributed by atoms with Crippen LogP contribution in [-0.4, -0.2) is 42.8 Å². The number of carbonyl (C=O) groups excluding carboxylic acids is 1. The fourth-order valence-corrected chi connectivity index (χ4v) is 2.20. The van der Waals surface area contributed by atoms with Gasteiger partial charge in [0.15, 0.2) is 6.61 Å². The quantitative estimate of drug-likeness (QED) is 0.717. The summed E-state index contributed by atoms with van der Waals surface area (Å²) in [5.74, 6) is -0.420. The fraction of sp³-hybridized carbons (Fsp3) is 0.500. The van der Waals surface area contributed by atoms with Crippen LogP contribution in [0.1, 0.15) is 18.9 Å². The average molecular weight is 307 g/mol. The number of hydrogen-bond donors (Lipinski definition) is 2. The third-order valence-electron chi connectivity index (χ3n) is 3.45. The Morgan fingerprint density at radius 2 is 2.05 bits per heavy atom. The van der Waals surface area contributed by atoms with Gasteiger partial charge in [-0.3, -0.25) is 4.79 Å². The first-order valence-electron chi connectivity index (χ1n) is 7.43. The molecule has 6 nitrogen and oxygen atoms in total. The number of rotatable bonds is 9. The van der Waals surface area contributed by atoms with E-state index in [9.17, 15) is 9.59 Å². The molecule has 1 fully saturated rings. The molecule has 1 amide bonds. The van der Waals surface area contributed by atoms with Crippen LogP contribution in [0.5, 0.6) is 5.75 Å². The predicted octanol–water partition coefficient (Wildman–Crippen LogP) is 1.23. The Bertz CT molecular complexity index is 514. The summed E-state index contributed by atoms with van der Waals surface area (Å²) in [5.41, 5.74) is 1.06. The number of carbonyl (C=O) groups is 2. The lowest BCUT2D eigenvalue weighted by Gasteiger charge is -2.07. The fourth-order valence-electron chi connectivity index (χ4n) is 2.20. The number of carboxylic acids is 1. The van der Waals surface area contributed by atoms with E-state index in [0.717, 1.165) is 18.4 Å². The standard InChI is InChI=1S/C16H21NO5/c1-2-21-14-9-13(14)16(20)17-8-7-11-3-5-12(6-4-11)22-10-15(18)19/h3-6,13-14H,2,7-10H2,1H3,(H,17,20)(H,18,19)/t13-,14+/m1/s1. The molecule has 120 valence electrons. The number of aliphatic carboxylic acids is 1. The molecule has 2 rings (SSSR count). The Labute approximate surface area is 129 Å². The Morgan fingerprint density at radius 1 is 1.32 bits per heavy atom. The van der Waals surface area contributed by atoms with Crippen LogP contribution in [0.15, 0.2) is 24.3 Å². The van der Waals surface area contributed by atoms with E-state index in [-0.39, 0.29) is 24.5 Å². The molecule has 0 spiro atoms. The van der Waals surface area contributed by atoms with E-state index in [1.807, 2.05) is 19.1 Å². The zero-order valence-electron chi connectivity index (χ0n) is 12.6. The van der Waals surface area contributed by atoms with E-state index < -0.39 is 5.97 Å². The monoisotopic (exact) mass is 307 g/mol. The minimum atomic E-state index is -1.00. The molecule has 1 aliphatic rings. The van der Waals surface area contributed by atoms with Crippen LogP contribution in [0, 0.1) is 5.92 Å². The summed E-state index contributed by atoms with van der Waals surface area (Å²) < 4.78 is 10.4. The van der Waals surface area contributed by atoms with Crippen molar-refractivity contribution in [2.75, 3.05) is 19.8 Å². The Balaban J connectivity index is 1.67. The maximum absolute atomic E-state index is 11.8. The van der Waals surface area contributed by atoms with Gasteiger partial charge in [0.25, 0.3) is 0 Å². The number of amides is 1. The molecule has 1 saturated carbocycles. The molecular weight excluding hydrogens is 286 g/mol. The van der Waals surface area contributed by atoms with Crippen LogP contribution in [0.25, 0.3) is 0 Å². The summed E-state index contributed by atoms with van der Waals surface area (Å²) in [7, 11) is 0. The summed E-state index contributed by atoms with van der Waals surface area (Å²) in [6, 6.07) is 7.19. The summed E-state index contributed by atoms with van der Waals surface area (Å²) >= 11 is 0. The van der Waals surface area contributed by atoms with E-state index in [2.05, 4.69) is 5.32 Å². The zero-order chi connectivity index (χ0) is 15.9. The highest BCUT2D eigenvalue weighted by atomic mass is 16.5. The van der Waals surface area contributed by atoms with Gasteiger partial charge in [-0.15, -0.1) is 0 Å². The summed E-state index contributed by atoms with van der Waals surface area (Å²) in [6.45, 7) is 2.79. The maximum Gasteiger partial charge on any atom is 0.341 e. The Morgan fingerprint density at radius 3 is 2.68 bits per heavy atom. The van der Waals surface area contributed by atoms with E-state index in [1.165, 1.54) is 0 Å². The topological polar surface area (TPSA) is 84.9 Å². The lowest BCUT2D eigenvalue weighted by atomic mass is 10.1. The second kappa shape index (κ2) is 7.79. The van der Waals surface area contributed by atoms with Crippen LogP contribution in [0.3, 0.4) is 0 Å². The lowest BCUT2D eigenvalue weighted by Crippen LogP contribution is -2.28. The normalized spacial score (nSPS) is 19.5. The van der Waals surface area contributed by atoms with E-state index in [1.54, 1.807) is 12.1 Å². The molecular formula is C16H21NO5. The van der Waals surface area contributed by atoms with Crippen molar-refractivity contribution in [1.29, 1.82) is 0 Å². The molecule has 1 aromatic rings. The zero-order valence-corrected chi connectivity index (χ0v) is 12.6. The van der Waals surface area contributed by atoms with Crippen molar-refractivity contribution in [3.8, 4) is 5.75 Å². The Hall–Kier alpha value is -2.08. The number of ether oxygens (including phenoxy) is 2. The first-order valence-corrected chi connectivity index (χ1v) is 7.43. The van der Waals surface area contributed by atoms with Gasteiger partial charge in [0.2, 0.25) is 5.91 Å². The largest absolute Gasteiger partial charge is 0.482 e. The summed E-state index contributed by atoms with van der Waals surface area (Å²) in [4.78, 5) is 22.2. The van der Waals surface area contributed by atoms with E-state index in [4.69, 9.17) is 14.6 Å². The highest BCUT2D eigenvalue weighted by Crippen LogP contribution is 2.33. The van der Waals surface area contributed by atoms with Crippen LogP contribution >= 0.6 is 0 Å². The highest BCUT2D eigenvalue weighted by Gasteiger charge is 2.43. The molecule has 2 atom stereocenters. The van der Waals surface area contributed by atoms with Crippen molar-refractivity contribution in [1.82, 2.24) is 5.32 Å². The maximum atomic E-state index is 11.8. The molecule has 0 saturated heterocycles. The van der Waals surface area contributed by atoms with Crippen LogP contribution in [0.2, 0.25) is 0 Å². The van der Waals surface area contributed by atoms with Crippen molar-refractivity contribution in [2.24, 2.45) is 5.92 Å². The van der Waals surface area contributed by atoms with Gasteiger partial charge in [0.05, 0.1) is 12.0 Å². The van der Waals surface area contributed by atoms with E-state index in [0.29, 0.717) is 18.9 Å². The third-order valence-corrected chi connectivity index (χ3v) is 3.45. The molecule has 0 radical (unpaired) electrons. The van der Waals surface area contributed by atoms with Crippen molar-refractivity contribution < 1.29 is 24.2 Å². The first-order chi connectivity index (χ1) is 10.6. The molecule has 22 heavy (non-hydrogen) atoms. The highest BCUT2D eigenvalue weighted by molar-refractivity contribution is 5.82. The average Bonchev–Trinajstić information content (AvgIpc) is 3.26. The van der Waals surface area contributed by atoms with Gasteiger partial charge in [-0.1, -0.05) is 12.1 Å². The van der Waals surface area contributed by atoms with Crippen molar-refractivity contribution in [2.45, 2.75) is 25.9 Å². The van der Waals surface area contributed by atoms with Crippen molar-refractivity contribution >= 4 is 11.9 Å². The van der Waals surface area contributed by atoms with Crippen LogP contribution < -0.4 is 10.1 Å². The first kappa shape index (κ1) is 16.3. The molecule has 1 aliphatic carbocycles. The smallest absolute Gasteiger partial charge is 0.341 e. The second-order valence-electron chi connectivity index (χ2n) is 5.20. The van der Waals surface area contributed by atoms with Gasteiger partial charge in [-0.2, -0.15) is 0 Å². The van der Waals surface area contributed by atoms with Crippen molar-refractivity contribution in [3.05, 3.63) is 29.8 Å². The summed E-state index contributed by atoms with van der Waals surface area (Å²) in [5, 5.41) is 11.4. The number of benzene rings is 1. The molecule has 2 N–H and O–H groups in total. The molecule has 0 aliphatic heterocycles. The summed E-state index contributed by atoms with van der Waals surface area (Å²) in [6.07, 6.45) is 1.63. The number of nitrogens with one attached hydrogen (secondary N) is 1. The van der Waals surface area contributed by atoms with Gasteiger partial charge in [-0.25, -0.2) is 4.79 Å². The molecule has 0 bridgehead atoms. The predicted molar refractivity (Wildman–Crippen MR) is 79.8 cm³/mol. The number of carboxylic acid groups (broad SMARTS) is 1. The van der Waals surface area contributed by atoms with Gasteiger partial charge in [-0.05, 0) is 37.5 Å². The van der Waals surface area contributed by atoms with Gasteiger partial charge < -0.3 is 19.9 Å². The van der Waals surface area contributed by atoms with Gasteiger partial charge in [0, 0.05) is 13.2 Å². The minimum Gasteiger partial charge on any atom is -0.482 e. The second-order valence-corrected chi connectivity index (χ2v) is 5.20. The van der Waals surface area contributed by atoms with Gasteiger partial charge in [0.1, 0.15) is 5.75 Å². The van der Waals surface area contributed by atoms with Crippen LogP contribution in [0.4, 0.5) is 0 Å². The molecule has 6 heteroatoms. The molecule has 0 unspecified atom stereocenters. The SMILES string of the molecule is CCO[C@H]1C[C@H]1C(=O)NCCc1ccc(OCC(=O)O)cc1. The van der Waals surface area contributed by atoms with Crippen molar-refractivity contribution in [3.63, 3.8) is 0 Å². The van der Waals surface area contributed by atoms with Crippen LogP contribution in [-0.2, 0) is 20.7 Å². The lowest BCUT2D eigenvalue weighted by molar-refractivity contribution is -0.139. The molecule has 1 aromatic carbocycles. The van der Waals surface area contributed by atoms with Gasteiger partial charge >= 0.3 is 5.97 Å². The molecule has 0 aromatic heterocycles. The Kier molecular flexibility index (Phi) is 5.77. The van der Waals surface area contributed by atoms with E-state index >= 15 is 0 Å². The third kappa shape index (κ3) is 5.04. The number of hydrogen-bond acceptors (Lipinski definition) is 4.